The van der Waals surface area contributed by atoms with E-state index in [9.17, 15) is 18.8 Å². The fourth-order valence-electron chi connectivity index (χ4n) is 2.46. The summed E-state index contributed by atoms with van der Waals surface area (Å²) in [6.07, 6.45) is 0. The van der Waals surface area contributed by atoms with Crippen molar-refractivity contribution in [3.8, 4) is 0 Å². The monoisotopic (exact) mass is 374 g/mol. The molecule has 0 aliphatic carbocycles. The summed E-state index contributed by atoms with van der Waals surface area (Å²) in [5.41, 5.74) is 0.319. The number of imide groups is 1. The summed E-state index contributed by atoms with van der Waals surface area (Å²) in [7, 11) is 1.19. The Labute approximate surface area is 152 Å². The maximum Gasteiger partial charge on any atom is 0.339 e. The van der Waals surface area contributed by atoms with E-state index in [0.717, 1.165) is 4.90 Å². The summed E-state index contributed by atoms with van der Waals surface area (Å²) in [6, 6.07) is 11.2. The van der Waals surface area contributed by atoms with Crippen molar-refractivity contribution in [3.63, 3.8) is 0 Å². The summed E-state index contributed by atoms with van der Waals surface area (Å²) in [4.78, 5) is 37.9. The number of ether oxygens (including phenoxy) is 1. The van der Waals surface area contributed by atoms with Gasteiger partial charge >= 0.3 is 5.97 Å². The number of rotatable bonds is 4. The molecule has 0 saturated heterocycles. The van der Waals surface area contributed by atoms with Crippen LogP contribution in [0.1, 0.15) is 10.4 Å². The Hall–Kier alpha value is -3.19. The minimum Gasteiger partial charge on any atom is -0.465 e. The molecular weight excluding hydrogens is 363 g/mol. The zero-order chi connectivity index (χ0) is 18.8. The molecule has 26 heavy (non-hydrogen) atoms. The number of halogens is 2. The van der Waals surface area contributed by atoms with E-state index >= 15 is 0 Å². The first-order valence-corrected chi connectivity index (χ1v) is 7.80. The molecule has 0 bridgehead atoms. The van der Waals surface area contributed by atoms with Crippen molar-refractivity contribution in [2.45, 2.75) is 0 Å². The number of nitrogens with zero attached hydrogens (tertiary/aromatic N) is 1. The van der Waals surface area contributed by atoms with Crippen molar-refractivity contribution < 1.29 is 23.5 Å². The zero-order valence-corrected chi connectivity index (χ0v) is 14.2. The lowest BCUT2D eigenvalue weighted by molar-refractivity contribution is -0.120. The Balaban J connectivity index is 1.96. The van der Waals surface area contributed by atoms with E-state index in [-0.39, 0.29) is 22.0 Å². The van der Waals surface area contributed by atoms with Crippen molar-refractivity contribution in [2.24, 2.45) is 0 Å². The van der Waals surface area contributed by atoms with E-state index in [1.54, 1.807) is 12.1 Å². The summed E-state index contributed by atoms with van der Waals surface area (Å²) >= 11 is 6.03. The van der Waals surface area contributed by atoms with Crippen LogP contribution in [0.4, 0.5) is 15.8 Å². The molecule has 0 radical (unpaired) electrons. The Morgan fingerprint density at radius 3 is 2.38 bits per heavy atom. The number of carbonyl (C=O) groups excluding carboxylic acids is 3. The summed E-state index contributed by atoms with van der Waals surface area (Å²) in [5.74, 6) is -2.66. The first kappa shape index (κ1) is 17.6. The molecule has 0 spiro atoms. The van der Waals surface area contributed by atoms with E-state index in [2.05, 4.69) is 10.1 Å². The van der Waals surface area contributed by atoms with Crippen molar-refractivity contribution in [3.05, 3.63) is 70.6 Å². The molecule has 8 heteroatoms. The number of methoxy groups -OCH3 is 1. The molecule has 0 saturated carbocycles. The van der Waals surface area contributed by atoms with Gasteiger partial charge in [0.15, 0.2) is 0 Å². The molecule has 1 heterocycles. The summed E-state index contributed by atoms with van der Waals surface area (Å²) in [6.45, 7) is 0. The van der Waals surface area contributed by atoms with Crippen LogP contribution >= 0.6 is 11.6 Å². The highest BCUT2D eigenvalue weighted by Gasteiger charge is 2.40. The lowest BCUT2D eigenvalue weighted by atomic mass is 10.1. The number of hydrogen-bond acceptors (Lipinski definition) is 5. The maximum absolute atomic E-state index is 13.0. The Kier molecular flexibility index (Phi) is 4.73. The van der Waals surface area contributed by atoms with Crippen LogP contribution in [-0.2, 0) is 14.3 Å². The van der Waals surface area contributed by atoms with Crippen LogP contribution in [0.25, 0.3) is 0 Å². The van der Waals surface area contributed by atoms with Gasteiger partial charge in [-0.2, -0.15) is 0 Å². The van der Waals surface area contributed by atoms with Gasteiger partial charge in [0.25, 0.3) is 11.8 Å². The molecule has 1 N–H and O–H groups in total. The predicted octanol–water partition coefficient (Wildman–Crippen LogP) is 3.05. The minimum absolute atomic E-state index is 0.0456. The lowest BCUT2D eigenvalue weighted by Crippen LogP contribution is -2.33. The fourth-order valence-corrected chi connectivity index (χ4v) is 2.67. The standard InChI is InChI=1S/C18H12ClFN2O4/c1-26-18(25)12-4-2-3-5-13(12)22-16(23)14(19)15(17(22)24)21-11-8-6-10(20)7-9-11/h2-9,21H,1H3. The topological polar surface area (TPSA) is 75.7 Å². The van der Waals surface area contributed by atoms with E-state index < -0.39 is 23.6 Å². The minimum atomic E-state index is -0.780. The average Bonchev–Trinajstić information content (AvgIpc) is 2.86. The first-order valence-electron chi connectivity index (χ1n) is 7.42. The van der Waals surface area contributed by atoms with E-state index in [4.69, 9.17) is 11.6 Å². The van der Waals surface area contributed by atoms with Gasteiger partial charge in [-0.25, -0.2) is 14.1 Å². The highest BCUT2D eigenvalue weighted by Crippen LogP contribution is 2.32. The van der Waals surface area contributed by atoms with Gasteiger partial charge in [-0.1, -0.05) is 23.7 Å². The molecule has 1 aliphatic heterocycles. The van der Waals surface area contributed by atoms with Crippen LogP contribution in [0.15, 0.2) is 59.3 Å². The largest absolute Gasteiger partial charge is 0.465 e. The van der Waals surface area contributed by atoms with Gasteiger partial charge in [-0.05, 0) is 36.4 Å². The Morgan fingerprint density at radius 2 is 1.73 bits per heavy atom. The second-order valence-corrected chi connectivity index (χ2v) is 5.65. The fraction of sp³-hybridized carbons (Fsp3) is 0.0556. The molecule has 2 aromatic carbocycles. The Bertz CT molecular complexity index is 940. The lowest BCUT2D eigenvalue weighted by Gasteiger charge is -2.17. The van der Waals surface area contributed by atoms with Crippen molar-refractivity contribution in [1.29, 1.82) is 0 Å². The van der Waals surface area contributed by atoms with Crippen LogP contribution in [-0.4, -0.2) is 24.9 Å². The molecule has 0 unspecified atom stereocenters. The van der Waals surface area contributed by atoms with Gasteiger partial charge in [-0.15, -0.1) is 0 Å². The van der Waals surface area contributed by atoms with E-state index in [1.165, 1.54) is 43.5 Å². The number of carbonyl (C=O) groups is 3. The number of esters is 1. The highest BCUT2D eigenvalue weighted by molar-refractivity contribution is 6.53. The van der Waals surface area contributed by atoms with Crippen molar-refractivity contribution in [2.75, 3.05) is 17.3 Å². The number of nitrogens with one attached hydrogen (secondary N) is 1. The number of benzene rings is 2. The second-order valence-electron chi connectivity index (χ2n) is 5.28. The SMILES string of the molecule is COC(=O)c1ccccc1N1C(=O)C(Cl)=C(Nc2ccc(F)cc2)C1=O. The Morgan fingerprint density at radius 1 is 1.08 bits per heavy atom. The van der Waals surface area contributed by atoms with Crippen LogP contribution in [0.3, 0.4) is 0 Å². The van der Waals surface area contributed by atoms with Crippen LogP contribution in [0.5, 0.6) is 0 Å². The first-order chi connectivity index (χ1) is 12.4. The normalized spacial score (nSPS) is 14.0. The van der Waals surface area contributed by atoms with Gasteiger partial charge in [0.2, 0.25) is 0 Å². The molecule has 132 valence electrons. The third-order valence-electron chi connectivity index (χ3n) is 3.69. The van der Waals surface area contributed by atoms with E-state index in [1.807, 2.05) is 0 Å². The van der Waals surface area contributed by atoms with Crippen LogP contribution in [0, 0.1) is 5.82 Å². The number of para-hydroxylation sites is 1. The van der Waals surface area contributed by atoms with Gasteiger partial charge in [0.05, 0.1) is 18.4 Å². The number of anilines is 2. The van der Waals surface area contributed by atoms with Gasteiger partial charge in [0, 0.05) is 5.69 Å². The second kappa shape index (κ2) is 6.97. The van der Waals surface area contributed by atoms with Gasteiger partial charge in [-0.3, -0.25) is 9.59 Å². The maximum atomic E-state index is 13.0. The molecule has 2 aromatic rings. The third-order valence-corrected chi connectivity index (χ3v) is 4.04. The molecule has 0 fully saturated rings. The highest BCUT2D eigenvalue weighted by atomic mass is 35.5. The molecule has 6 nitrogen and oxygen atoms in total. The molecule has 3 rings (SSSR count). The average molecular weight is 375 g/mol. The molecular formula is C18H12ClFN2O4. The van der Waals surface area contributed by atoms with E-state index in [0.29, 0.717) is 5.69 Å². The third kappa shape index (κ3) is 3.04. The molecule has 0 aromatic heterocycles. The van der Waals surface area contributed by atoms with Crippen molar-refractivity contribution >= 4 is 40.8 Å². The van der Waals surface area contributed by atoms with Gasteiger partial charge in [0.1, 0.15) is 16.5 Å². The quantitative estimate of drug-likeness (QED) is 0.657. The predicted molar refractivity (Wildman–Crippen MR) is 93.2 cm³/mol. The molecule has 2 amide bonds. The molecule has 0 atom stereocenters. The van der Waals surface area contributed by atoms with Gasteiger partial charge < -0.3 is 10.1 Å². The molecule has 1 aliphatic rings. The summed E-state index contributed by atoms with van der Waals surface area (Å²) in [5, 5.41) is 2.38. The number of hydrogen-bond donors (Lipinski definition) is 1. The van der Waals surface area contributed by atoms with Crippen LogP contribution < -0.4 is 10.2 Å². The van der Waals surface area contributed by atoms with Crippen molar-refractivity contribution in [1.82, 2.24) is 0 Å². The smallest absolute Gasteiger partial charge is 0.339 e. The zero-order valence-electron chi connectivity index (χ0n) is 13.5. The van der Waals surface area contributed by atoms with Crippen LogP contribution in [0.2, 0.25) is 0 Å². The summed E-state index contributed by atoms with van der Waals surface area (Å²) < 4.78 is 17.7. The number of amides is 2.